The molecule has 0 amide bonds. The monoisotopic (exact) mass is 496 g/mol. The van der Waals surface area contributed by atoms with Crippen molar-refractivity contribution in [1.82, 2.24) is 0 Å². The number of aromatic hydroxyl groups is 1. The van der Waals surface area contributed by atoms with E-state index in [1.54, 1.807) is 6.07 Å². The van der Waals surface area contributed by atoms with Gasteiger partial charge in [0.1, 0.15) is 5.75 Å². The summed E-state index contributed by atoms with van der Waals surface area (Å²) in [5, 5.41) is 10.0. The first kappa shape index (κ1) is 14.6. The lowest BCUT2D eigenvalue weighted by atomic mass is 10.00. The molecule has 2 aromatic carbocycles. The van der Waals surface area contributed by atoms with Gasteiger partial charge in [-0.05, 0) is 82.3 Å². The molecule has 0 spiro atoms. The van der Waals surface area contributed by atoms with Gasteiger partial charge in [-0.15, -0.1) is 0 Å². The summed E-state index contributed by atoms with van der Waals surface area (Å²) in [5.74, 6) is 0.266. The fourth-order valence-electron chi connectivity index (χ4n) is 1.75. The summed E-state index contributed by atoms with van der Waals surface area (Å²) >= 11 is 14.2. The van der Waals surface area contributed by atoms with Crippen LogP contribution in [0, 0.1) is 6.92 Å². The van der Waals surface area contributed by atoms with Crippen LogP contribution in [0.15, 0.2) is 42.2 Å². The average molecular weight is 500 g/mol. The Morgan fingerprint density at radius 3 is 2.00 bits per heavy atom. The van der Waals surface area contributed by atoms with Crippen LogP contribution in [0.1, 0.15) is 5.56 Å². The van der Waals surface area contributed by atoms with E-state index in [1.165, 1.54) is 0 Å². The number of benzene rings is 2. The Bertz CT molecular complexity index is 594. The minimum Gasteiger partial charge on any atom is -0.507 e. The van der Waals surface area contributed by atoms with Crippen LogP contribution in [0.5, 0.6) is 5.75 Å². The van der Waals surface area contributed by atoms with Crippen LogP contribution in [0.25, 0.3) is 11.1 Å². The molecule has 0 aliphatic heterocycles. The van der Waals surface area contributed by atoms with Gasteiger partial charge in [-0.2, -0.15) is 0 Å². The molecule has 18 heavy (non-hydrogen) atoms. The maximum absolute atomic E-state index is 10.0. The van der Waals surface area contributed by atoms with E-state index in [4.69, 9.17) is 0 Å². The summed E-state index contributed by atoms with van der Waals surface area (Å²) in [6.07, 6.45) is 0. The second-order valence-corrected chi connectivity index (χ2v) is 6.95. The van der Waals surface area contributed by atoms with Crippen LogP contribution in [0.2, 0.25) is 0 Å². The third-order valence-electron chi connectivity index (χ3n) is 2.68. The average Bonchev–Trinajstić information content (AvgIpc) is 2.36. The maximum Gasteiger partial charge on any atom is 0.123 e. The van der Waals surface area contributed by atoms with E-state index >= 15 is 0 Å². The standard InChI is InChI=1S/C13H8Br4O/c1-6-9(7-4-2-3-5-8(7)18)11(15)13(17)12(16)10(6)14/h2-5,18H,1H3. The molecule has 2 aromatic rings. The van der Waals surface area contributed by atoms with E-state index < -0.39 is 0 Å². The van der Waals surface area contributed by atoms with Crippen molar-refractivity contribution in [2.45, 2.75) is 6.92 Å². The molecule has 0 heterocycles. The molecule has 5 heteroatoms. The van der Waals surface area contributed by atoms with Crippen LogP contribution in [-0.4, -0.2) is 5.11 Å². The van der Waals surface area contributed by atoms with Gasteiger partial charge in [0, 0.05) is 29.0 Å². The maximum atomic E-state index is 10.0. The Morgan fingerprint density at radius 2 is 1.39 bits per heavy atom. The fourth-order valence-corrected chi connectivity index (χ4v) is 4.28. The van der Waals surface area contributed by atoms with Gasteiger partial charge in [-0.3, -0.25) is 0 Å². The highest BCUT2D eigenvalue weighted by Gasteiger charge is 2.19. The molecule has 0 aliphatic carbocycles. The van der Waals surface area contributed by atoms with E-state index in [9.17, 15) is 5.11 Å². The van der Waals surface area contributed by atoms with Crippen molar-refractivity contribution < 1.29 is 5.11 Å². The smallest absolute Gasteiger partial charge is 0.123 e. The third kappa shape index (κ3) is 2.42. The predicted molar refractivity (Wildman–Crippen MR) is 89.1 cm³/mol. The van der Waals surface area contributed by atoms with Crippen molar-refractivity contribution >= 4 is 63.7 Å². The number of halogens is 4. The van der Waals surface area contributed by atoms with Crippen LogP contribution in [0.3, 0.4) is 0 Å². The van der Waals surface area contributed by atoms with E-state index in [0.29, 0.717) is 0 Å². The quantitative estimate of drug-likeness (QED) is 0.355. The van der Waals surface area contributed by atoms with Crippen LogP contribution >= 0.6 is 63.7 Å². The molecule has 0 saturated heterocycles. The van der Waals surface area contributed by atoms with Gasteiger partial charge in [-0.25, -0.2) is 0 Å². The van der Waals surface area contributed by atoms with Gasteiger partial charge in [0.25, 0.3) is 0 Å². The van der Waals surface area contributed by atoms with E-state index in [0.717, 1.165) is 34.6 Å². The summed E-state index contributed by atoms with van der Waals surface area (Å²) in [5.41, 5.74) is 2.82. The van der Waals surface area contributed by atoms with E-state index in [2.05, 4.69) is 63.7 Å². The lowest BCUT2D eigenvalue weighted by molar-refractivity contribution is 0.477. The minimum atomic E-state index is 0.266. The molecule has 0 saturated carbocycles. The lowest BCUT2D eigenvalue weighted by Crippen LogP contribution is -1.91. The molecule has 0 aliphatic rings. The Labute approximate surface area is 139 Å². The van der Waals surface area contributed by atoms with Crippen LogP contribution in [0.4, 0.5) is 0 Å². The molecule has 0 bridgehead atoms. The Morgan fingerprint density at radius 1 is 0.833 bits per heavy atom. The van der Waals surface area contributed by atoms with Gasteiger partial charge in [0.05, 0.1) is 0 Å². The van der Waals surface area contributed by atoms with Gasteiger partial charge in [0.15, 0.2) is 0 Å². The van der Waals surface area contributed by atoms with Crippen molar-refractivity contribution in [3.63, 3.8) is 0 Å². The summed E-state index contributed by atoms with van der Waals surface area (Å²) in [4.78, 5) is 0. The number of para-hydroxylation sites is 1. The van der Waals surface area contributed by atoms with Crippen molar-refractivity contribution in [1.29, 1.82) is 0 Å². The number of phenolic OH excluding ortho intramolecular Hbond substituents is 1. The Kier molecular flexibility index (Phi) is 4.57. The van der Waals surface area contributed by atoms with Gasteiger partial charge < -0.3 is 5.11 Å². The third-order valence-corrected chi connectivity index (χ3v) is 7.64. The van der Waals surface area contributed by atoms with Crippen molar-refractivity contribution in [2.75, 3.05) is 0 Å². The molecule has 0 fully saturated rings. The number of phenols is 1. The summed E-state index contributed by atoms with van der Waals surface area (Å²) in [7, 11) is 0. The Hall–Kier alpha value is 0.160. The summed E-state index contributed by atoms with van der Waals surface area (Å²) in [6.45, 7) is 2.01. The second-order valence-electron chi connectivity index (χ2n) is 3.77. The summed E-state index contributed by atoms with van der Waals surface area (Å²) in [6, 6.07) is 7.30. The molecule has 2 rings (SSSR count). The largest absolute Gasteiger partial charge is 0.507 e. The first-order valence-electron chi connectivity index (χ1n) is 5.06. The number of rotatable bonds is 1. The normalized spacial score (nSPS) is 10.7. The lowest BCUT2D eigenvalue weighted by Gasteiger charge is -2.15. The highest BCUT2D eigenvalue weighted by Crippen LogP contribution is 2.47. The molecule has 0 atom stereocenters. The van der Waals surface area contributed by atoms with Gasteiger partial charge >= 0.3 is 0 Å². The van der Waals surface area contributed by atoms with Crippen molar-refractivity contribution in [2.24, 2.45) is 0 Å². The van der Waals surface area contributed by atoms with Crippen LogP contribution in [-0.2, 0) is 0 Å². The fraction of sp³-hybridized carbons (Fsp3) is 0.0769. The number of hydrogen-bond acceptors (Lipinski definition) is 1. The first-order chi connectivity index (χ1) is 8.45. The molecule has 1 N–H and O–H groups in total. The van der Waals surface area contributed by atoms with Crippen molar-refractivity contribution in [3.05, 3.63) is 47.7 Å². The zero-order valence-corrected chi connectivity index (χ0v) is 15.6. The highest BCUT2D eigenvalue weighted by atomic mass is 79.9. The molecule has 0 unspecified atom stereocenters. The van der Waals surface area contributed by atoms with E-state index in [-0.39, 0.29) is 5.75 Å². The molecular weight excluding hydrogens is 492 g/mol. The Balaban J connectivity index is 2.85. The van der Waals surface area contributed by atoms with Gasteiger partial charge in [0.2, 0.25) is 0 Å². The minimum absolute atomic E-state index is 0.266. The second kappa shape index (κ2) is 5.65. The predicted octanol–water partition coefficient (Wildman–Crippen LogP) is 6.42. The highest BCUT2D eigenvalue weighted by molar-refractivity contribution is 9.15. The molecule has 94 valence electrons. The van der Waals surface area contributed by atoms with Gasteiger partial charge in [-0.1, -0.05) is 18.2 Å². The van der Waals surface area contributed by atoms with Crippen molar-refractivity contribution in [3.8, 4) is 16.9 Å². The number of hydrogen-bond donors (Lipinski definition) is 1. The molecule has 1 nitrogen and oxygen atoms in total. The molecular formula is C13H8Br4O. The van der Waals surface area contributed by atoms with E-state index in [1.807, 2.05) is 25.1 Å². The summed E-state index contributed by atoms with van der Waals surface area (Å²) < 4.78 is 3.75. The van der Waals surface area contributed by atoms with Crippen LogP contribution < -0.4 is 0 Å². The topological polar surface area (TPSA) is 20.2 Å². The zero-order valence-electron chi connectivity index (χ0n) is 9.27. The molecule has 0 radical (unpaired) electrons. The molecule has 0 aromatic heterocycles. The SMILES string of the molecule is Cc1c(Br)c(Br)c(Br)c(Br)c1-c1ccccc1O. The first-order valence-corrected chi connectivity index (χ1v) is 8.23. The zero-order chi connectivity index (χ0) is 13.4.